The fraction of sp³-hybridized carbons (Fsp3) is 0.467. The van der Waals surface area contributed by atoms with Gasteiger partial charge in [0.1, 0.15) is 0 Å². The molecule has 3 unspecified atom stereocenters. The summed E-state index contributed by atoms with van der Waals surface area (Å²) in [5, 5.41) is 10.7. The third kappa shape index (κ3) is 2.30. The van der Waals surface area contributed by atoms with E-state index in [9.17, 15) is 14.7 Å². The van der Waals surface area contributed by atoms with Gasteiger partial charge >= 0.3 is 5.97 Å². The normalized spacial score (nSPS) is 27.2. The molecule has 0 aliphatic heterocycles. The molecule has 0 spiro atoms. The van der Waals surface area contributed by atoms with Gasteiger partial charge in [-0.25, -0.2) is 5.06 Å². The van der Waals surface area contributed by atoms with Crippen LogP contribution in [0.2, 0.25) is 0 Å². The molecule has 0 heterocycles. The molecule has 1 N–H and O–H groups in total. The van der Waals surface area contributed by atoms with E-state index >= 15 is 0 Å². The molecule has 2 rings (SSSR count). The summed E-state index contributed by atoms with van der Waals surface area (Å²) in [6.45, 7) is 0.204. The molecule has 1 amide bonds. The van der Waals surface area contributed by atoms with E-state index in [2.05, 4.69) is 0 Å². The standard InChI is InChI=1S/C15H19NO5/c1-16(21-3)13(17)15(14(18)19)11(9-20-2)12(15)10-7-5-4-6-8-10/h4-8,11-12H,9H2,1-3H3,(H,18,19). The molecule has 0 aromatic heterocycles. The van der Waals surface area contributed by atoms with E-state index in [1.807, 2.05) is 30.3 Å². The number of benzene rings is 1. The topological polar surface area (TPSA) is 76.1 Å². The molecule has 0 bridgehead atoms. The first-order valence-corrected chi connectivity index (χ1v) is 6.61. The minimum Gasteiger partial charge on any atom is -0.480 e. The molecular formula is C15H19NO5. The van der Waals surface area contributed by atoms with Gasteiger partial charge in [0.2, 0.25) is 0 Å². The van der Waals surface area contributed by atoms with Crippen molar-refractivity contribution in [3.63, 3.8) is 0 Å². The van der Waals surface area contributed by atoms with E-state index in [0.717, 1.165) is 10.6 Å². The molecule has 1 aliphatic rings. The number of hydroxylamine groups is 2. The fourth-order valence-corrected chi connectivity index (χ4v) is 3.04. The Morgan fingerprint density at radius 3 is 2.38 bits per heavy atom. The first kappa shape index (κ1) is 15.5. The van der Waals surface area contributed by atoms with Crippen molar-refractivity contribution < 1.29 is 24.3 Å². The van der Waals surface area contributed by atoms with E-state index < -0.39 is 29.1 Å². The molecule has 6 nitrogen and oxygen atoms in total. The van der Waals surface area contributed by atoms with Crippen LogP contribution < -0.4 is 0 Å². The minimum absolute atomic E-state index is 0.204. The van der Waals surface area contributed by atoms with Gasteiger partial charge < -0.3 is 9.84 Å². The number of carboxylic acids is 1. The van der Waals surface area contributed by atoms with Gasteiger partial charge in [0.05, 0.1) is 13.7 Å². The zero-order valence-electron chi connectivity index (χ0n) is 12.3. The lowest BCUT2D eigenvalue weighted by Gasteiger charge is -2.20. The molecule has 6 heteroatoms. The summed E-state index contributed by atoms with van der Waals surface area (Å²) >= 11 is 0. The first-order chi connectivity index (χ1) is 10.0. The van der Waals surface area contributed by atoms with Gasteiger partial charge in [0.25, 0.3) is 5.91 Å². The summed E-state index contributed by atoms with van der Waals surface area (Å²) in [6.07, 6.45) is 0. The number of rotatable bonds is 6. The number of methoxy groups -OCH3 is 1. The van der Waals surface area contributed by atoms with Gasteiger partial charge in [-0.15, -0.1) is 0 Å². The maximum atomic E-state index is 12.5. The summed E-state index contributed by atoms with van der Waals surface area (Å²) in [5.74, 6) is -2.53. The predicted octanol–water partition coefficient (Wildman–Crippen LogP) is 1.14. The van der Waals surface area contributed by atoms with Crippen LogP contribution in [0.25, 0.3) is 0 Å². The molecule has 1 aliphatic carbocycles. The lowest BCUT2D eigenvalue weighted by molar-refractivity contribution is -0.181. The Kier molecular flexibility index (Phi) is 4.29. The molecular weight excluding hydrogens is 274 g/mol. The van der Waals surface area contributed by atoms with Gasteiger partial charge in [-0.1, -0.05) is 30.3 Å². The summed E-state index contributed by atoms with van der Waals surface area (Å²) in [4.78, 5) is 29.3. The Labute approximate surface area is 123 Å². The van der Waals surface area contributed by atoms with Crippen molar-refractivity contribution in [1.82, 2.24) is 5.06 Å². The number of carbonyl (C=O) groups excluding carboxylic acids is 1. The summed E-state index contributed by atoms with van der Waals surface area (Å²) in [6, 6.07) is 9.17. The maximum absolute atomic E-state index is 12.5. The summed E-state index contributed by atoms with van der Waals surface area (Å²) in [5.41, 5.74) is -0.706. The number of hydrogen-bond acceptors (Lipinski definition) is 4. The smallest absolute Gasteiger partial charge is 0.320 e. The van der Waals surface area contributed by atoms with Crippen molar-refractivity contribution in [2.75, 3.05) is 27.9 Å². The fourth-order valence-electron chi connectivity index (χ4n) is 3.04. The highest BCUT2D eigenvalue weighted by Gasteiger charge is 2.76. The van der Waals surface area contributed by atoms with Crippen LogP contribution in [-0.4, -0.2) is 49.9 Å². The van der Waals surface area contributed by atoms with Gasteiger partial charge in [0, 0.05) is 26.0 Å². The third-order valence-corrected chi connectivity index (χ3v) is 4.14. The zero-order chi connectivity index (χ0) is 15.6. The Bertz CT molecular complexity index is 532. The summed E-state index contributed by atoms with van der Waals surface area (Å²) in [7, 11) is 4.24. The second-order valence-corrected chi connectivity index (χ2v) is 5.11. The molecule has 0 saturated heterocycles. The zero-order valence-corrected chi connectivity index (χ0v) is 12.3. The molecule has 1 saturated carbocycles. The highest BCUT2D eigenvalue weighted by atomic mass is 16.7. The Balaban J connectivity index is 2.43. The van der Waals surface area contributed by atoms with Crippen LogP contribution in [0.1, 0.15) is 11.5 Å². The van der Waals surface area contributed by atoms with Crippen LogP contribution in [-0.2, 0) is 19.2 Å². The average molecular weight is 293 g/mol. The van der Waals surface area contributed by atoms with Crippen LogP contribution in [0.4, 0.5) is 0 Å². The molecule has 3 atom stereocenters. The number of amides is 1. The van der Waals surface area contributed by atoms with E-state index in [-0.39, 0.29) is 6.61 Å². The van der Waals surface area contributed by atoms with Crippen molar-refractivity contribution in [3.05, 3.63) is 35.9 Å². The molecule has 0 radical (unpaired) electrons. The average Bonchev–Trinajstić information content (AvgIpc) is 3.16. The predicted molar refractivity (Wildman–Crippen MR) is 74.4 cm³/mol. The number of carboxylic acid groups (broad SMARTS) is 1. The van der Waals surface area contributed by atoms with Crippen molar-refractivity contribution in [1.29, 1.82) is 0 Å². The Morgan fingerprint density at radius 2 is 1.90 bits per heavy atom. The maximum Gasteiger partial charge on any atom is 0.320 e. The molecule has 1 fully saturated rings. The molecule has 1 aromatic carbocycles. The second-order valence-electron chi connectivity index (χ2n) is 5.11. The molecule has 21 heavy (non-hydrogen) atoms. The first-order valence-electron chi connectivity index (χ1n) is 6.61. The van der Waals surface area contributed by atoms with Gasteiger partial charge in [-0.3, -0.25) is 14.4 Å². The lowest BCUT2D eigenvalue weighted by atomic mass is 9.97. The van der Waals surface area contributed by atoms with Gasteiger partial charge in [-0.2, -0.15) is 0 Å². The number of carbonyl (C=O) groups is 2. The Morgan fingerprint density at radius 1 is 1.29 bits per heavy atom. The van der Waals surface area contributed by atoms with Crippen molar-refractivity contribution >= 4 is 11.9 Å². The van der Waals surface area contributed by atoms with E-state index in [1.54, 1.807) is 0 Å². The summed E-state index contributed by atoms with van der Waals surface area (Å²) < 4.78 is 5.11. The number of nitrogens with zero attached hydrogens (tertiary/aromatic N) is 1. The SMILES string of the molecule is COCC1C(c2ccccc2)C1(C(=O)O)C(=O)N(C)OC. The highest BCUT2D eigenvalue weighted by Crippen LogP contribution is 2.65. The van der Waals surface area contributed by atoms with Crippen molar-refractivity contribution in [3.8, 4) is 0 Å². The lowest BCUT2D eigenvalue weighted by Crippen LogP contribution is -2.40. The van der Waals surface area contributed by atoms with E-state index in [1.165, 1.54) is 21.3 Å². The van der Waals surface area contributed by atoms with Crippen LogP contribution in [0.3, 0.4) is 0 Å². The van der Waals surface area contributed by atoms with Crippen LogP contribution >= 0.6 is 0 Å². The van der Waals surface area contributed by atoms with Crippen LogP contribution in [0.15, 0.2) is 30.3 Å². The largest absolute Gasteiger partial charge is 0.480 e. The monoisotopic (exact) mass is 293 g/mol. The van der Waals surface area contributed by atoms with Gasteiger partial charge in [0.15, 0.2) is 5.41 Å². The number of aliphatic carboxylic acids is 1. The third-order valence-electron chi connectivity index (χ3n) is 4.14. The van der Waals surface area contributed by atoms with Crippen LogP contribution in [0.5, 0.6) is 0 Å². The minimum atomic E-state index is -1.53. The van der Waals surface area contributed by atoms with Crippen LogP contribution in [0, 0.1) is 11.3 Å². The number of hydrogen-bond donors (Lipinski definition) is 1. The molecule has 1 aromatic rings. The Hall–Kier alpha value is -1.92. The van der Waals surface area contributed by atoms with E-state index in [0.29, 0.717) is 0 Å². The number of ether oxygens (including phenoxy) is 1. The van der Waals surface area contributed by atoms with E-state index in [4.69, 9.17) is 9.57 Å². The highest BCUT2D eigenvalue weighted by molar-refractivity contribution is 6.07. The molecule has 114 valence electrons. The quantitative estimate of drug-likeness (QED) is 0.628. The van der Waals surface area contributed by atoms with Crippen molar-refractivity contribution in [2.45, 2.75) is 5.92 Å². The van der Waals surface area contributed by atoms with Gasteiger partial charge in [-0.05, 0) is 5.56 Å². The van der Waals surface area contributed by atoms with Crippen molar-refractivity contribution in [2.24, 2.45) is 11.3 Å². The second kappa shape index (κ2) is 5.83.